The maximum Gasteiger partial charge on any atom is 0.328 e. The van der Waals surface area contributed by atoms with Crippen LogP contribution >= 0.6 is 0 Å². The van der Waals surface area contributed by atoms with Gasteiger partial charge in [0.2, 0.25) is 5.91 Å². The monoisotopic (exact) mass is 377 g/mol. The molecule has 1 heterocycles. The summed E-state index contributed by atoms with van der Waals surface area (Å²) >= 11 is 0. The molecule has 0 unspecified atom stereocenters. The normalized spacial score (nSPS) is 17.1. The van der Waals surface area contributed by atoms with Gasteiger partial charge in [-0.1, -0.05) is 20.3 Å². The van der Waals surface area contributed by atoms with Crippen LogP contribution in [-0.4, -0.2) is 69.8 Å². The fourth-order valence-electron chi connectivity index (χ4n) is 3.18. The van der Waals surface area contributed by atoms with Crippen molar-refractivity contribution in [2.75, 3.05) is 51.8 Å². The van der Waals surface area contributed by atoms with E-state index in [4.69, 9.17) is 9.47 Å². The van der Waals surface area contributed by atoms with Crippen LogP contribution in [0.25, 0.3) is 0 Å². The standard InChI is InChI=1S/C20H31N3O4/c1-5-15(2)19(20(25)27-4)21-18(24)14-22-10-12-23(13-11-22)16-6-8-17(26-3)9-7-16/h6-9,15,19H,5,10-14H2,1-4H3,(H,21,24)/t15-,19-/m1/s1. The van der Waals surface area contributed by atoms with E-state index in [1.54, 1.807) is 7.11 Å². The molecule has 7 nitrogen and oxygen atoms in total. The van der Waals surface area contributed by atoms with Crippen LogP contribution in [0.1, 0.15) is 20.3 Å². The van der Waals surface area contributed by atoms with E-state index in [1.807, 2.05) is 38.1 Å². The highest BCUT2D eigenvalue weighted by atomic mass is 16.5. The van der Waals surface area contributed by atoms with E-state index in [2.05, 4.69) is 15.1 Å². The van der Waals surface area contributed by atoms with Gasteiger partial charge >= 0.3 is 5.97 Å². The molecule has 0 aromatic heterocycles. The highest BCUT2D eigenvalue weighted by Gasteiger charge is 2.27. The lowest BCUT2D eigenvalue weighted by Crippen LogP contribution is -2.52. The molecule has 1 amide bonds. The number of nitrogens with zero attached hydrogens (tertiary/aromatic N) is 2. The van der Waals surface area contributed by atoms with E-state index in [1.165, 1.54) is 7.11 Å². The quantitative estimate of drug-likeness (QED) is 0.693. The predicted molar refractivity (Wildman–Crippen MR) is 105 cm³/mol. The number of esters is 1. The summed E-state index contributed by atoms with van der Waals surface area (Å²) in [5.41, 5.74) is 1.16. The SMILES string of the molecule is CC[C@@H](C)[C@@H](NC(=O)CN1CCN(c2ccc(OC)cc2)CC1)C(=O)OC. The summed E-state index contributed by atoms with van der Waals surface area (Å²) in [6, 6.07) is 7.42. The summed E-state index contributed by atoms with van der Waals surface area (Å²) < 4.78 is 10.0. The Hall–Kier alpha value is -2.28. The van der Waals surface area contributed by atoms with Crippen molar-refractivity contribution < 1.29 is 19.1 Å². The van der Waals surface area contributed by atoms with Crippen molar-refractivity contribution in [2.24, 2.45) is 5.92 Å². The second-order valence-electron chi connectivity index (χ2n) is 6.92. The van der Waals surface area contributed by atoms with Gasteiger partial charge in [0.15, 0.2) is 0 Å². The molecule has 1 aliphatic rings. The van der Waals surface area contributed by atoms with Gasteiger partial charge in [-0.15, -0.1) is 0 Å². The number of hydrogen-bond donors (Lipinski definition) is 1. The summed E-state index contributed by atoms with van der Waals surface area (Å²) in [5.74, 6) is 0.356. The Labute approximate surface area is 161 Å². The van der Waals surface area contributed by atoms with Crippen molar-refractivity contribution in [2.45, 2.75) is 26.3 Å². The van der Waals surface area contributed by atoms with Gasteiger partial charge in [0.05, 0.1) is 20.8 Å². The molecule has 1 fully saturated rings. The molecule has 0 aliphatic carbocycles. The first kappa shape index (κ1) is 21.0. The minimum Gasteiger partial charge on any atom is -0.497 e. The number of anilines is 1. The highest BCUT2D eigenvalue weighted by Crippen LogP contribution is 2.20. The van der Waals surface area contributed by atoms with Crippen LogP contribution in [0.5, 0.6) is 5.75 Å². The number of piperazine rings is 1. The summed E-state index contributed by atoms with van der Waals surface area (Å²) in [6.45, 7) is 7.52. The van der Waals surface area contributed by atoms with Gasteiger partial charge in [0.25, 0.3) is 0 Å². The molecule has 0 spiro atoms. The lowest BCUT2D eigenvalue weighted by molar-refractivity contribution is -0.146. The third-order valence-electron chi connectivity index (χ3n) is 5.16. The molecule has 7 heteroatoms. The Morgan fingerprint density at radius 1 is 1.11 bits per heavy atom. The summed E-state index contributed by atoms with van der Waals surface area (Å²) in [4.78, 5) is 28.7. The Kier molecular flexibility index (Phi) is 7.91. The topological polar surface area (TPSA) is 71.1 Å². The molecule has 1 aromatic rings. The van der Waals surface area contributed by atoms with Crippen LogP contribution in [0.4, 0.5) is 5.69 Å². The molecule has 1 aromatic carbocycles. The van der Waals surface area contributed by atoms with Gasteiger partial charge in [-0.3, -0.25) is 9.69 Å². The number of methoxy groups -OCH3 is 2. The summed E-state index contributed by atoms with van der Waals surface area (Å²) in [6.07, 6.45) is 0.792. The zero-order valence-electron chi connectivity index (χ0n) is 16.7. The van der Waals surface area contributed by atoms with Crippen LogP contribution < -0.4 is 15.0 Å². The zero-order valence-corrected chi connectivity index (χ0v) is 16.7. The van der Waals surface area contributed by atoms with Crippen molar-refractivity contribution in [3.05, 3.63) is 24.3 Å². The number of carbonyl (C=O) groups is 2. The van der Waals surface area contributed by atoms with Gasteiger partial charge < -0.3 is 19.7 Å². The molecule has 0 bridgehead atoms. The first-order valence-electron chi connectivity index (χ1n) is 9.47. The van der Waals surface area contributed by atoms with Crippen molar-refractivity contribution in [1.29, 1.82) is 0 Å². The lowest BCUT2D eigenvalue weighted by Gasteiger charge is -2.36. The fraction of sp³-hybridized carbons (Fsp3) is 0.600. The molecular formula is C20H31N3O4. The number of hydrogen-bond acceptors (Lipinski definition) is 6. The van der Waals surface area contributed by atoms with E-state index in [0.717, 1.165) is 44.0 Å². The van der Waals surface area contributed by atoms with E-state index < -0.39 is 6.04 Å². The van der Waals surface area contributed by atoms with Crippen molar-refractivity contribution in [1.82, 2.24) is 10.2 Å². The van der Waals surface area contributed by atoms with Gasteiger partial charge in [-0.05, 0) is 30.2 Å². The van der Waals surface area contributed by atoms with Crippen molar-refractivity contribution in [3.8, 4) is 5.75 Å². The predicted octanol–water partition coefficient (Wildman–Crippen LogP) is 1.52. The lowest BCUT2D eigenvalue weighted by atomic mass is 9.99. The van der Waals surface area contributed by atoms with Crippen LogP contribution in [0.15, 0.2) is 24.3 Å². The van der Waals surface area contributed by atoms with Crippen molar-refractivity contribution >= 4 is 17.6 Å². The number of carbonyl (C=O) groups excluding carboxylic acids is 2. The van der Waals surface area contributed by atoms with E-state index in [9.17, 15) is 9.59 Å². The first-order valence-corrected chi connectivity index (χ1v) is 9.47. The largest absolute Gasteiger partial charge is 0.497 e. The van der Waals surface area contributed by atoms with E-state index in [0.29, 0.717) is 6.54 Å². The van der Waals surface area contributed by atoms with E-state index in [-0.39, 0.29) is 17.8 Å². The number of benzene rings is 1. The molecule has 150 valence electrons. The molecule has 27 heavy (non-hydrogen) atoms. The minimum atomic E-state index is -0.590. The van der Waals surface area contributed by atoms with Crippen LogP contribution in [0.2, 0.25) is 0 Å². The smallest absolute Gasteiger partial charge is 0.328 e. The third-order valence-corrected chi connectivity index (χ3v) is 5.16. The van der Waals surface area contributed by atoms with E-state index >= 15 is 0 Å². The molecule has 2 rings (SSSR count). The Morgan fingerprint density at radius 2 is 1.74 bits per heavy atom. The Bertz CT molecular complexity index is 612. The highest BCUT2D eigenvalue weighted by molar-refractivity contribution is 5.85. The molecule has 1 N–H and O–H groups in total. The van der Waals surface area contributed by atoms with Gasteiger partial charge in [-0.2, -0.15) is 0 Å². The average molecular weight is 377 g/mol. The zero-order chi connectivity index (χ0) is 19.8. The van der Waals surface area contributed by atoms with Gasteiger partial charge in [0.1, 0.15) is 11.8 Å². The number of amides is 1. The summed E-state index contributed by atoms with van der Waals surface area (Å²) in [5, 5.41) is 2.84. The van der Waals surface area contributed by atoms with Crippen LogP contribution in [0.3, 0.4) is 0 Å². The third kappa shape index (κ3) is 5.85. The number of rotatable bonds is 8. The Morgan fingerprint density at radius 3 is 2.26 bits per heavy atom. The molecule has 1 aliphatic heterocycles. The molecule has 0 radical (unpaired) electrons. The van der Waals surface area contributed by atoms with Gasteiger partial charge in [0, 0.05) is 31.9 Å². The minimum absolute atomic E-state index is 0.0355. The molecule has 1 saturated heterocycles. The van der Waals surface area contributed by atoms with Gasteiger partial charge in [-0.25, -0.2) is 4.79 Å². The number of ether oxygens (including phenoxy) is 2. The van der Waals surface area contributed by atoms with Crippen LogP contribution in [0, 0.1) is 5.92 Å². The molecule has 2 atom stereocenters. The fourth-order valence-corrected chi connectivity index (χ4v) is 3.18. The van der Waals surface area contributed by atoms with Crippen molar-refractivity contribution in [3.63, 3.8) is 0 Å². The Balaban J connectivity index is 1.83. The van der Waals surface area contributed by atoms with Crippen LogP contribution in [-0.2, 0) is 14.3 Å². The first-order chi connectivity index (χ1) is 13.0. The maximum atomic E-state index is 12.4. The second kappa shape index (κ2) is 10.2. The second-order valence-corrected chi connectivity index (χ2v) is 6.92. The molecular weight excluding hydrogens is 346 g/mol. The molecule has 0 saturated carbocycles. The average Bonchev–Trinajstić information content (AvgIpc) is 2.71. The number of nitrogens with one attached hydrogen (secondary N) is 1. The maximum absolute atomic E-state index is 12.4. The summed E-state index contributed by atoms with van der Waals surface area (Å²) in [7, 11) is 3.01.